The van der Waals surface area contributed by atoms with E-state index in [9.17, 15) is 9.59 Å². The van der Waals surface area contributed by atoms with E-state index in [4.69, 9.17) is 4.74 Å². The third kappa shape index (κ3) is 4.43. The van der Waals surface area contributed by atoms with Crippen molar-refractivity contribution in [3.63, 3.8) is 0 Å². The molecule has 6 heteroatoms. The summed E-state index contributed by atoms with van der Waals surface area (Å²) < 4.78 is 7.13. The number of ether oxygens (including phenoxy) is 1. The fourth-order valence-electron chi connectivity index (χ4n) is 8.17. The fraction of sp³-hybridized carbons (Fsp3) is 0.690. The van der Waals surface area contributed by atoms with Crippen LogP contribution in [0.4, 0.5) is 0 Å². The second-order valence-corrected chi connectivity index (χ2v) is 11.5. The van der Waals surface area contributed by atoms with Crippen LogP contribution >= 0.6 is 0 Å². The van der Waals surface area contributed by atoms with Crippen molar-refractivity contribution in [2.24, 2.45) is 11.8 Å². The number of rotatable bonds is 5. The molecule has 2 aliphatic heterocycles. The number of carbonyl (C=O) groups is 1. The van der Waals surface area contributed by atoms with Crippen LogP contribution in [0.5, 0.6) is 0 Å². The molecule has 2 aliphatic carbocycles. The lowest BCUT2D eigenvalue weighted by Gasteiger charge is -2.55. The van der Waals surface area contributed by atoms with Crippen LogP contribution in [0.2, 0.25) is 0 Å². The quantitative estimate of drug-likeness (QED) is 0.565. The van der Waals surface area contributed by atoms with Crippen molar-refractivity contribution >= 4 is 17.0 Å². The highest BCUT2D eigenvalue weighted by Gasteiger charge is 2.45. The fourth-order valence-corrected chi connectivity index (χ4v) is 8.17. The molecule has 0 radical (unpaired) electrons. The van der Waals surface area contributed by atoms with Gasteiger partial charge in [-0.05, 0) is 75.8 Å². The average Bonchev–Trinajstić information content (AvgIpc) is 2.84. The van der Waals surface area contributed by atoms with E-state index in [0.717, 1.165) is 41.8 Å². The number of fused-ring (bicyclic) bond motifs is 5. The van der Waals surface area contributed by atoms with Crippen molar-refractivity contribution in [3.05, 3.63) is 40.3 Å². The van der Waals surface area contributed by atoms with Gasteiger partial charge in [-0.1, -0.05) is 37.8 Å². The topological polar surface area (TPSA) is 64.4 Å². The maximum atomic E-state index is 13.7. The molecule has 2 aromatic rings. The maximum absolute atomic E-state index is 13.7. The van der Waals surface area contributed by atoms with Crippen LogP contribution in [0.3, 0.4) is 0 Å². The number of hydrogen-bond acceptors (Lipinski definition) is 5. The van der Waals surface area contributed by atoms with Crippen LogP contribution in [-0.4, -0.2) is 45.2 Å². The van der Waals surface area contributed by atoms with Crippen LogP contribution in [0.15, 0.2) is 29.1 Å². The van der Waals surface area contributed by atoms with Gasteiger partial charge in [0.05, 0.1) is 24.1 Å². The summed E-state index contributed by atoms with van der Waals surface area (Å²) in [6.07, 6.45) is 14.3. The normalized spacial score (nSPS) is 32.9. The lowest BCUT2D eigenvalue weighted by molar-refractivity contribution is -0.142. The van der Waals surface area contributed by atoms with E-state index in [1.165, 1.54) is 57.8 Å². The van der Waals surface area contributed by atoms with Crippen molar-refractivity contribution in [3.8, 4) is 0 Å². The number of esters is 1. The monoisotopic (exact) mass is 477 g/mol. The van der Waals surface area contributed by atoms with Gasteiger partial charge in [-0.15, -0.1) is 0 Å². The molecule has 0 spiro atoms. The van der Waals surface area contributed by atoms with E-state index in [1.54, 1.807) is 6.92 Å². The minimum atomic E-state index is -0.381. The number of piperidine rings is 2. The third-order valence-electron chi connectivity index (χ3n) is 9.37. The average molecular weight is 478 g/mol. The van der Waals surface area contributed by atoms with Crippen LogP contribution in [0.25, 0.3) is 11.0 Å². The SMILES string of the molecule is CCOC(=O)Cc1nc2ccccc2n([C@H]2C[C@H]3CCC[C@@H](C2)N3C2CC3CCCC(C3)C2)c1=O. The van der Waals surface area contributed by atoms with Crippen molar-refractivity contribution in [2.45, 2.75) is 108 Å². The van der Waals surface area contributed by atoms with Crippen molar-refractivity contribution < 1.29 is 9.53 Å². The summed E-state index contributed by atoms with van der Waals surface area (Å²) in [5.41, 5.74) is 1.89. The molecule has 188 valence electrons. The van der Waals surface area contributed by atoms with E-state index in [-0.39, 0.29) is 24.0 Å². The van der Waals surface area contributed by atoms with Gasteiger partial charge in [0.15, 0.2) is 0 Å². The molecule has 1 aromatic carbocycles. The van der Waals surface area contributed by atoms with Gasteiger partial charge in [-0.3, -0.25) is 14.5 Å². The second kappa shape index (κ2) is 9.68. The smallest absolute Gasteiger partial charge is 0.312 e. The van der Waals surface area contributed by atoms with Gasteiger partial charge in [-0.25, -0.2) is 4.98 Å². The first-order valence-electron chi connectivity index (χ1n) is 14.0. The Morgan fingerprint density at radius 1 is 0.914 bits per heavy atom. The highest BCUT2D eigenvalue weighted by atomic mass is 16.5. The molecule has 3 heterocycles. The summed E-state index contributed by atoms with van der Waals surface area (Å²) in [7, 11) is 0. The van der Waals surface area contributed by atoms with Gasteiger partial charge >= 0.3 is 5.97 Å². The molecule has 1 aromatic heterocycles. The number of hydrogen-bond donors (Lipinski definition) is 0. The van der Waals surface area contributed by atoms with E-state index in [0.29, 0.717) is 24.4 Å². The summed E-state index contributed by atoms with van der Waals surface area (Å²) in [6, 6.07) is 9.93. The van der Waals surface area contributed by atoms with E-state index in [1.807, 2.05) is 28.8 Å². The Hall–Kier alpha value is -2.21. The van der Waals surface area contributed by atoms with E-state index >= 15 is 0 Å². The van der Waals surface area contributed by atoms with Gasteiger partial charge < -0.3 is 9.30 Å². The molecule has 2 saturated carbocycles. The predicted molar refractivity (Wildman–Crippen MR) is 136 cm³/mol. The van der Waals surface area contributed by atoms with Gasteiger partial charge in [0, 0.05) is 24.2 Å². The zero-order valence-electron chi connectivity index (χ0n) is 21.0. The summed E-state index contributed by atoms with van der Waals surface area (Å²) in [4.78, 5) is 33.5. The third-order valence-corrected chi connectivity index (χ3v) is 9.37. The van der Waals surface area contributed by atoms with E-state index < -0.39 is 0 Å². The molecule has 0 N–H and O–H groups in total. The Labute approximate surface area is 208 Å². The van der Waals surface area contributed by atoms with E-state index in [2.05, 4.69) is 9.88 Å². The summed E-state index contributed by atoms with van der Waals surface area (Å²) in [5.74, 6) is 1.49. The molecular weight excluding hydrogens is 438 g/mol. The van der Waals surface area contributed by atoms with Crippen LogP contribution in [-0.2, 0) is 16.0 Å². The molecule has 6 nitrogen and oxygen atoms in total. The molecule has 5 atom stereocenters. The van der Waals surface area contributed by atoms with Gasteiger partial charge in [0.1, 0.15) is 5.69 Å². The molecule has 2 unspecified atom stereocenters. The highest BCUT2D eigenvalue weighted by molar-refractivity contribution is 5.77. The molecule has 4 bridgehead atoms. The number of nitrogens with zero attached hydrogens (tertiary/aromatic N) is 3. The Balaban J connectivity index is 1.32. The molecule has 2 saturated heterocycles. The summed E-state index contributed by atoms with van der Waals surface area (Å²) >= 11 is 0. The van der Waals surface area contributed by atoms with Crippen LogP contribution < -0.4 is 5.56 Å². The minimum absolute atomic E-state index is 0.0614. The zero-order chi connectivity index (χ0) is 23.9. The lowest BCUT2D eigenvalue weighted by atomic mass is 9.68. The Kier molecular flexibility index (Phi) is 6.42. The van der Waals surface area contributed by atoms with Gasteiger partial charge in [0.2, 0.25) is 0 Å². The zero-order valence-corrected chi connectivity index (χ0v) is 21.0. The Morgan fingerprint density at radius 3 is 2.31 bits per heavy atom. The van der Waals surface area contributed by atoms with Crippen LogP contribution in [0.1, 0.15) is 89.3 Å². The molecule has 4 fully saturated rings. The number of benzene rings is 1. The summed E-state index contributed by atoms with van der Waals surface area (Å²) in [6.45, 7) is 2.10. The maximum Gasteiger partial charge on any atom is 0.312 e. The van der Waals surface area contributed by atoms with Crippen molar-refractivity contribution in [2.75, 3.05) is 6.61 Å². The van der Waals surface area contributed by atoms with Crippen LogP contribution in [0, 0.1) is 11.8 Å². The first kappa shape index (κ1) is 23.2. The first-order chi connectivity index (χ1) is 17.1. The Morgan fingerprint density at radius 2 is 1.60 bits per heavy atom. The van der Waals surface area contributed by atoms with Crippen molar-refractivity contribution in [1.29, 1.82) is 0 Å². The number of aromatic nitrogens is 2. The second-order valence-electron chi connectivity index (χ2n) is 11.5. The molecule has 0 amide bonds. The lowest BCUT2D eigenvalue weighted by Crippen LogP contribution is -2.58. The van der Waals surface area contributed by atoms with Crippen molar-refractivity contribution in [1.82, 2.24) is 14.5 Å². The number of carbonyl (C=O) groups excluding carboxylic acids is 1. The van der Waals surface area contributed by atoms with Gasteiger partial charge in [-0.2, -0.15) is 0 Å². The largest absolute Gasteiger partial charge is 0.466 e. The minimum Gasteiger partial charge on any atom is -0.466 e. The standard InChI is InChI=1S/C29H39N3O3/c1-2-35-28(33)18-26-29(34)32(27-12-4-3-11-25(27)30-26)24-16-21-9-6-10-22(17-24)31(21)23-14-19-7-5-8-20(13-19)15-23/h3-4,11-12,19-24H,2,5-10,13-18H2,1H3/t19?,20?,21-,22+,23?,24+. The molecule has 35 heavy (non-hydrogen) atoms. The molecule has 4 aliphatic rings. The predicted octanol–water partition coefficient (Wildman–Crippen LogP) is 5.03. The summed E-state index contributed by atoms with van der Waals surface area (Å²) in [5, 5.41) is 0. The first-order valence-corrected chi connectivity index (χ1v) is 14.0. The number of para-hydroxylation sites is 2. The van der Waals surface area contributed by atoms with Gasteiger partial charge in [0.25, 0.3) is 5.56 Å². The Bertz CT molecular complexity index is 1120. The molecular formula is C29H39N3O3. The molecule has 6 rings (SSSR count). The highest BCUT2D eigenvalue weighted by Crippen LogP contribution is 2.47.